The topological polar surface area (TPSA) is 41.1 Å². The van der Waals surface area contributed by atoms with Crippen LogP contribution in [0.5, 0.6) is 0 Å². The van der Waals surface area contributed by atoms with Gasteiger partial charge in [-0.25, -0.2) is 9.97 Å². The van der Waals surface area contributed by atoms with Crippen LogP contribution in [0.3, 0.4) is 0 Å². The van der Waals surface area contributed by atoms with Crippen LogP contribution in [0.2, 0.25) is 0 Å². The van der Waals surface area contributed by atoms with E-state index in [1.165, 1.54) is 48.3 Å². The zero-order chi connectivity index (χ0) is 13.7. The predicted molar refractivity (Wildman–Crippen MR) is 83.5 cm³/mol. The Morgan fingerprint density at radius 2 is 2.05 bits per heavy atom. The maximum absolute atomic E-state index is 4.52. The van der Waals surface area contributed by atoms with Crippen LogP contribution < -0.4 is 5.32 Å². The Labute approximate surface area is 123 Å². The van der Waals surface area contributed by atoms with Crippen molar-refractivity contribution in [3.63, 3.8) is 0 Å². The lowest BCUT2D eigenvalue weighted by atomic mass is 9.84. The van der Waals surface area contributed by atoms with E-state index < -0.39 is 0 Å². The summed E-state index contributed by atoms with van der Waals surface area (Å²) in [7, 11) is 0. The number of anilines is 1. The first kappa shape index (κ1) is 12.5. The highest BCUT2D eigenvalue weighted by molar-refractivity contribution is 7.18. The third kappa shape index (κ3) is 1.91. The van der Waals surface area contributed by atoms with Crippen LogP contribution in [0.15, 0.2) is 6.33 Å². The quantitative estimate of drug-likeness (QED) is 0.922. The molecular formula is C15H20N4S. The molecule has 1 atom stereocenters. The molecular weight excluding hydrogens is 268 g/mol. The highest BCUT2D eigenvalue weighted by atomic mass is 32.1. The molecule has 2 aromatic heterocycles. The number of thiophene rings is 1. The molecule has 0 spiro atoms. The van der Waals surface area contributed by atoms with Gasteiger partial charge in [0, 0.05) is 17.5 Å². The van der Waals surface area contributed by atoms with E-state index in [9.17, 15) is 0 Å². The second-order valence-corrected chi connectivity index (χ2v) is 7.28. The third-order valence-electron chi connectivity index (χ3n) is 4.94. The zero-order valence-electron chi connectivity index (χ0n) is 12.0. The Bertz CT molecular complexity index is 643. The largest absolute Gasteiger partial charge is 0.365 e. The number of piperidine rings is 3. The molecule has 20 heavy (non-hydrogen) atoms. The van der Waals surface area contributed by atoms with E-state index in [4.69, 9.17) is 0 Å². The van der Waals surface area contributed by atoms with Crippen LogP contribution in [-0.4, -0.2) is 40.5 Å². The summed E-state index contributed by atoms with van der Waals surface area (Å²) in [6, 6.07) is 0.551. The molecule has 2 aromatic rings. The molecule has 3 aliphatic rings. The van der Waals surface area contributed by atoms with E-state index in [0.29, 0.717) is 6.04 Å². The fourth-order valence-corrected chi connectivity index (χ4v) is 4.59. The van der Waals surface area contributed by atoms with Crippen molar-refractivity contribution >= 4 is 27.4 Å². The zero-order valence-corrected chi connectivity index (χ0v) is 12.8. The minimum absolute atomic E-state index is 0.551. The number of hydrogen-bond donors (Lipinski definition) is 1. The minimum Gasteiger partial charge on any atom is -0.365 e. The molecule has 1 unspecified atom stereocenters. The predicted octanol–water partition coefficient (Wildman–Crippen LogP) is 2.81. The van der Waals surface area contributed by atoms with Crippen molar-refractivity contribution in [1.82, 2.24) is 14.9 Å². The van der Waals surface area contributed by atoms with E-state index in [2.05, 4.69) is 34.0 Å². The summed E-state index contributed by atoms with van der Waals surface area (Å²) in [6.07, 6.45) is 4.35. The second-order valence-electron chi connectivity index (χ2n) is 6.07. The van der Waals surface area contributed by atoms with Crippen LogP contribution >= 0.6 is 11.3 Å². The Balaban J connectivity index is 1.69. The number of aromatic nitrogens is 2. The first-order chi connectivity index (χ1) is 9.72. The molecule has 1 N–H and O–H groups in total. The van der Waals surface area contributed by atoms with Crippen molar-refractivity contribution in [2.75, 3.05) is 25.0 Å². The summed E-state index contributed by atoms with van der Waals surface area (Å²) in [5.74, 6) is 1.85. The van der Waals surface area contributed by atoms with Gasteiger partial charge in [0.2, 0.25) is 0 Å². The number of rotatable bonds is 2. The van der Waals surface area contributed by atoms with E-state index in [1.807, 2.05) is 0 Å². The molecule has 5 heteroatoms. The molecule has 3 saturated heterocycles. The van der Waals surface area contributed by atoms with Crippen LogP contribution in [0, 0.1) is 19.8 Å². The van der Waals surface area contributed by atoms with Crippen molar-refractivity contribution in [3.8, 4) is 0 Å². The monoisotopic (exact) mass is 288 g/mol. The molecule has 5 rings (SSSR count). The molecule has 2 bridgehead atoms. The average Bonchev–Trinajstić information content (AvgIpc) is 2.76. The van der Waals surface area contributed by atoms with Gasteiger partial charge in [-0.15, -0.1) is 11.3 Å². The fraction of sp³-hybridized carbons (Fsp3) is 0.600. The third-order valence-corrected chi connectivity index (χ3v) is 6.06. The lowest BCUT2D eigenvalue weighted by Crippen LogP contribution is -2.53. The van der Waals surface area contributed by atoms with Crippen molar-refractivity contribution in [1.29, 1.82) is 0 Å². The highest BCUT2D eigenvalue weighted by Gasteiger charge is 2.34. The number of hydrogen-bond acceptors (Lipinski definition) is 5. The Morgan fingerprint density at radius 1 is 1.25 bits per heavy atom. The summed E-state index contributed by atoms with van der Waals surface area (Å²) < 4.78 is 0. The Hall–Kier alpha value is -1.20. The molecule has 0 aliphatic carbocycles. The van der Waals surface area contributed by atoms with Gasteiger partial charge in [-0.05, 0) is 51.3 Å². The first-order valence-electron chi connectivity index (χ1n) is 7.42. The highest BCUT2D eigenvalue weighted by Crippen LogP contribution is 2.35. The van der Waals surface area contributed by atoms with Crippen molar-refractivity contribution in [2.45, 2.75) is 32.7 Å². The average molecular weight is 288 g/mol. The van der Waals surface area contributed by atoms with Gasteiger partial charge < -0.3 is 10.2 Å². The van der Waals surface area contributed by atoms with E-state index in [0.717, 1.165) is 16.6 Å². The maximum atomic E-state index is 4.52. The number of nitrogens with zero attached hydrogens (tertiary/aromatic N) is 3. The molecule has 0 amide bonds. The fourth-order valence-electron chi connectivity index (χ4n) is 3.60. The molecule has 4 nitrogen and oxygen atoms in total. The van der Waals surface area contributed by atoms with Gasteiger partial charge in [-0.1, -0.05) is 0 Å². The molecule has 3 fully saturated rings. The molecule has 0 saturated carbocycles. The normalized spacial score (nSPS) is 29.0. The van der Waals surface area contributed by atoms with Gasteiger partial charge in [0.05, 0.1) is 5.39 Å². The van der Waals surface area contributed by atoms with Crippen molar-refractivity contribution in [2.24, 2.45) is 5.92 Å². The van der Waals surface area contributed by atoms with E-state index in [-0.39, 0.29) is 0 Å². The molecule has 3 aliphatic heterocycles. The maximum Gasteiger partial charge on any atom is 0.138 e. The first-order valence-corrected chi connectivity index (χ1v) is 8.23. The second kappa shape index (κ2) is 4.67. The van der Waals surface area contributed by atoms with Crippen LogP contribution in [0.4, 0.5) is 5.82 Å². The van der Waals surface area contributed by atoms with Crippen LogP contribution in [0.25, 0.3) is 10.2 Å². The van der Waals surface area contributed by atoms with Crippen LogP contribution in [0.1, 0.15) is 23.3 Å². The molecule has 0 radical (unpaired) electrons. The van der Waals surface area contributed by atoms with Crippen molar-refractivity contribution < 1.29 is 0 Å². The lowest BCUT2D eigenvalue weighted by molar-refractivity contribution is 0.0974. The smallest absolute Gasteiger partial charge is 0.138 e. The molecule has 106 valence electrons. The van der Waals surface area contributed by atoms with Gasteiger partial charge >= 0.3 is 0 Å². The molecule has 5 heterocycles. The van der Waals surface area contributed by atoms with Gasteiger partial charge in [0.25, 0.3) is 0 Å². The summed E-state index contributed by atoms with van der Waals surface area (Å²) in [5.41, 5.74) is 1.33. The number of fused-ring (bicyclic) bond motifs is 4. The molecule has 0 aromatic carbocycles. The van der Waals surface area contributed by atoms with Gasteiger partial charge in [-0.3, -0.25) is 0 Å². The van der Waals surface area contributed by atoms with Crippen molar-refractivity contribution in [3.05, 3.63) is 16.8 Å². The SMILES string of the molecule is Cc1sc2ncnc(NC3CN4CCC3CC4)c2c1C. The standard InChI is InChI=1S/C15H20N4S/c1-9-10(2)20-15-13(9)14(16-8-17-15)18-12-7-19-5-3-11(12)4-6-19/h8,11-12H,3-7H2,1-2H3,(H,16,17,18). The number of aryl methyl sites for hydroxylation is 2. The summed E-state index contributed by atoms with van der Waals surface area (Å²) in [4.78, 5) is 14.0. The van der Waals surface area contributed by atoms with Gasteiger partial charge in [-0.2, -0.15) is 0 Å². The van der Waals surface area contributed by atoms with Crippen LogP contribution in [-0.2, 0) is 0 Å². The summed E-state index contributed by atoms with van der Waals surface area (Å²) in [5, 5.41) is 4.95. The van der Waals surface area contributed by atoms with E-state index in [1.54, 1.807) is 17.7 Å². The summed E-state index contributed by atoms with van der Waals surface area (Å²) >= 11 is 1.77. The minimum atomic E-state index is 0.551. The van der Waals surface area contributed by atoms with E-state index >= 15 is 0 Å². The summed E-state index contributed by atoms with van der Waals surface area (Å²) in [6.45, 7) is 8.06. The van der Waals surface area contributed by atoms with Gasteiger partial charge in [0.1, 0.15) is 17.0 Å². The lowest BCUT2D eigenvalue weighted by Gasteiger charge is -2.45. The number of nitrogens with one attached hydrogen (secondary N) is 1. The van der Waals surface area contributed by atoms with Gasteiger partial charge in [0.15, 0.2) is 0 Å². The Kier molecular flexibility index (Phi) is 2.93. The Morgan fingerprint density at radius 3 is 2.75 bits per heavy atom.